The Hall–Kier alpha value is -0.730. The number of rotatable bonds is 4. The Morgan fingerprint density at radius 2 is 2.06 bits per heavy atom. The summed E-state index contributed by atoms with van der Waals surface area (Å²) in [5.41, 5.74) is 2.43. The molecule has 1 heterocycles. The van der Waals surface area contributed by atoms with E-state index in [-0.39, 0.29) is 0 Å². The molecule has 0 radical (unpaired) electrons. The predicted molar refractivity (Wildman–Crippen MR) is 70.0 cm³/mol. The van der Waals surface area contributed by atoms with E-state index in [4.69, 9.17) is 16.0 Å². The van der Waals surface area contributed by atoms with Gasteiger partial charge in [0.2, 0.25) is 0 Å². The van der Waals surface area contributed by atoms with Crippen LogP contribution in [0.4, 0.5) is 0 Å². The van der Waals surface area contributed by atoms with Gasteiger partial charge < -0.3 is 4.42 Å². The van der Waals surface area contributed by atoms with Gasteiger partial charge in [-0.3, -0.25) is 0 Å². The molecule has 0 N–H and O–H groups in total. The van der Waals surface area contributed by atoms with Gasteiger partial charge in [0.25, 0.3) is 0 Å². The Balaban J connectivity index is 2.20. The van der Waals surface area contributed by atoms with Crippen LogP contribution in [-0.2, 0) is 6.42 Å². The van der Waals surface area contributed by atoms with Crippen molar-refractivity contribution in [2.75, 3.05) is 5.88 Å². The van der Waals surface area contributed by atoms with Gasteiger partial charge >= 0.3 is 0 Å². The number of hydrogen-bond donors (Lipinski definition) is 0. The highest BCUT2D eigenvalue weighted by Crippen LogP contribution is 2.28. The number of furan rings is 1. The molecule has 1 atom stereocenters. The molecule has 2 aromatic rings. The first-order chi connectivity index (χ1) is 7.81. The third-order valence-corrected chi connectivity index (χ3v) is 3.69. The van der Waals surface area contributed by atoms with Crippen molar-refractivity contribution in [1.29, 1.82) is 0 Å². The maximum atomic E-state index is 6.04. The van der Waals surface area contributed by atoms with Gasteiger partial charge in [-0.15, -0.1) is 11.6 Å². The predicted octanol–water partition coefficient (Wildman–Crippen LogP) is 4.61. The molecule has 1 aromatic carbocycles. The lowest BCUT2D eigenvalue weighted by Crippen LogP contribution is -2.04. The summed E-state index contributed by atoms with van der Waals surface area (Å²) >= 11 is 9.60. The SMILES string of the molecule is ClCC(Cc1ccoc1)c1ccccc1Br. The van der Waals surface area contributed by atoms with Crippen molar-refractivity contribution in [2.45, 2.75) is 12.3 Å². The van der Waals surface area contributed by atoms with E-state index in [0.717, 1.165) is 10.9 Å². The van der Waals surface area contributed by atoms with Crippen molar-refractivity contribution in [2.24, 2.45) is 0 Å². The van der Waals surface area contributed by atoms with E-state index in [1.165, 1.54) is 11.1 Å². The molecular formula is C13H12BrClO. The summed E-state index contributed by atoms with van der Waals surface area (Å²) in [6.45, 7) is 0. The maximum Gasteiger partial charge on any atom is 0.0934 e. The van der Waals surface area contributed by atoms with E-state index in [1.54, 1.807) is 12.5 Å². The smallest absolute Gasteiger partial charge is 0.0934 e. The maximum absolute atomic E-state index is 6.04. The van der Waals surface area contributed by atoms with Crippen molar-refractivity contribution in [1.82, 2.24) is 0 Å². The van der Waals surface area contributed by atoms with Gasteiger partial charge in [0.1, 0.15) is 0 Å². The van der Waals surface area contributed by atoms with E-state index >= 15 is 0 Å². The molecule has 0 bridgehead atoms. The number of alkyl halides is 1. The van der Waals surface area contributed by atoms with Gasteiger partial charge in [-0.05, 0) is 29.7 Å². The Morgan fingerprint density at radius 3 is 2.69 bits per heavy atom. The van der Waals surface area contributed by atoms with E-state index in [2.05, 4.69) is 22.0 Å². The van der Waals surface area contributed by atoms with Crippen molar-refractivity contribution in [3.63, 3.8) is 0 Å². The zero-order valence-electron chi connectivity index (χ0n) is 8.70. The molecule has 0 saturated heterocycles. The molecule has 84 valence electrons. The summed E-state index contributed by atoms with van der Waals surface area (Å²) in [7, 11) is 0. The minimum Gasteiger partial charge on any atom is -0.472 e. The van der Waals surface area contributed by atoms with Crippen molar-refractivity contribution in [3.8, 4) is 0 Å². The first kappa shape index (κ1) is 11.7. The van der Waals surface area contributed by atoms with Gasteiger partial charge in [0.05, 0.1) is 12.5 Å². The number of halogens is 2. The molecule has 2 rings (SSSR count). The van der Waals surface area contributed by atoms with Crippen LogP contribution in [0, 0.1) is 0 Å². The normalized spacial score (nSPS) is 12.6. The third-order valence-electron chi connectivity index (χ3n) is 2.59. The standard InChI is InChI=1S/C13H12BrClO/c14-13-4-2-1-3-12(13)11(8-15)7-10-5-6-16-9-10/h1-6,9,11H,7-8H2. The molecule has 3 heteroatoms. The van der Waals surface area contributed by atoms with E-state index < -0.39 is 0 Å². The topological polar surface area (TPSA) is 13.1 Å². The monoisotopic (exact) mass is 298 g/mol. The Labute approximate surface area is 109 Å². The second kappa shape index (κ2) is 5.55. The summed E-state index contributed by atoms with van der Waals surface area (Å²) in [6.07, 6.45) is 4.37. The molecule has 0 aliphatic rings. The fraction of sp³-hybridized carbons (Fsp3) is 0.231. The molecule has 1 unspecified atom stereocenters. The van der Waals surface area contributed by atoms with Gasteiger partial charge in [-0.2, -0.15) is 0 Å². The molecule has 16 heavy (non-hydrogen) atoms. The van der Waals surface area contributed by atoms with E-state index in [1.807, 2.05) is 24.3 Å². The summed E-state index contributed by atoms with van der Waals surface area (Å²) in [6, 6.07) is 10.2. The molecule has 0 aliphatic carbocycles. The molecule has 0 spiro atoms. The number of hydrogen-bond acceptors (Lipinski definition) is 1. The molecule has 0 saturated carbocycles. The highest BCUT2D eigenvalue weighted by Gasteiger charge is 2.14. The average Bonchev–Trinajstić information content (AvgIpc) is 2.80. The minimum absolute atomic E-state index is 0.315. The summed E-state index contributed by atoms with van der Waals surface area (Å²) < 4.78 is 6.19. The minimum atomic E-state index is 0.315. The fourth-order valence-corrected chi connectivity index (χ4v) is 2.63. The molecule has 0 fully saturated rings. The van der Waals surface area contributed by atoms with Crippen molar-refractivity contribution >= 4 is 27.5 Å². The van der Waals surface area contributed by atoms with Crippen LogP contribution in [0.5, 0.6) is 0 Å². The van der Waals surface area contributed by atoms with Crippen LogP contribution >= 0.6 is 27.5 Å². The first-order valence-corrected chi connectivity index (χ1v) is 6.45. The highest BCUT2D eigenvalue weighted by molar-refractivity contribution is 9.10. The quantitative estimate of drug-likeness (QED) is 0.752. The molecule has 0 amide bonds. The van der Waals surface area contributed by atoms with Gasteiger partial charge in [-0.25, -0.2) is 0 Å². The van der Waals surface area contributed by atoms with Crippen LogP contribution in [-0.4, -0.2) is 5.88 Å². The Morgan fingerprint density at radius 1 is 1.25 bits per heavy atom. The summed E-state index contributed by atoms with van der Waals surface area (Å²) in [5, 5.41) is 0. The second-order valence-electron chi connectivity index (χ2n) is 3.71. The van der Waals surface area contributed by atoms with Gasteiger partial charge in [0, 0.05) is 16.3 Å². The van der Waals surface area contributed by atoms with Gasteiger partial charge in [-0.1, -0.05) is 34.1 Å². The third kappa shape index (κ3) is 2.69. The van der Waals surface area contributed by atoms with E-state index in [0.29, 0.717) is 11.8 Å². The molecular weight excluding hydrogens is 287 g/mol. The first-order valence-electron chi connectivity index (χ1n) is 5.12. The lowest BCUT2D eigenvalue weighted by molar-refractivity contribution is 0.562. The largest absolute Gasteiger partial charge is 0.472 e. The fourth-order valence-electron chi connectivity index (χ4n) is 1.75. The van der Waals surface area contributed by atoms with Crippen LogP contribution in [0.2, 0.25) is 0 Å². The number of benzene rings is 1. The van der Waals surface area contributed by atoms with E-state index in [9.17, 15) is 0 Å². The lowest BCUT2D eigenvalue weighted by atomic mass is 9.95. The average molecular weight is 300 g/mol. The summed E-state index contributed by atoms with van der Waals surface area (Å²) in [4.78, 5) is 0. The Bertz CT molecular complexity index is 439. The molecule has 1 nitrogen and oxygen atoms in total. The molecule has 1 aromatic heterocycles. The van der Waals surface area contributed by atoms with Crippen LogP contribution in [0.1, 0.15) is 17.0 Å². The molecule has 0 aliphatic heterocycles. The highest BCUT2D eigenvalue weighted by atomic mass is 79.9. The van der Waals surface area contributed by atoms with Crippen LogP contribution in [0.3, 0.4) is 0 Å². The van der Waals surface area contributed by atoms with Crippen molar-refractivity contribution in [3.05, 3.63) is 58.5 Å². The van der Waals surface area contributed by atoms with Crippen LogP contribution in [0.25, 0.3) is 0 Å². The Kier molecular flexibility index (Phi) is 4.08. The lowest BCUT2D eigenvalue weighted by Gasteiger charge is -2.14. The van der Waals surface area contributed by atoms with Gasteiger partial charge in [0.15, 0.2) is 0 Å². The van der Waals surface area contributed by atoms with Crippen molar-refractivity contribution < 1.29 is 4.42 Å². The zero-order chi connectivity index (χ0) is 11.4. The second-order valence-corrected chi connectivity index (χ2v) is 4.87. The van der Waals surface area contributed by atoms with Crippen LogP contribution in [0.15, 0.2) is 51.7 Å². The zero-order valence-corrected chi connectivity index (χ0v) is 11.0. The van der Waals surface area contributed by atoms with Crippen LogP contribution < -0.4 is 0 Å². The summed E-state index contributed by atoms with van der Waals surface area (Å²) in [5.74, 6) is 0.920.